The number of fused-ring (bicyclic) bond motifs is 1. The summed E-state index contributed by atoms with van der Waals surface area (Å²) in [4.78, 5) is 12.1. The first-order valence-electron chi connectivity index (χ1n) is 6.77. The van der Waals surface area contributed by atoms with Crippen molar-refractivity contribution in [2.24, 2.45) is 5.92 Å². The predicted octanol–water partition coefficient (Wildman–Crippen LogP) is 3.19. The summed E-state index contributed by atoms with van der Waals surface area (Å²) < 4.78 is 4.98. The second kappa shape index (κ2) is 5.37. The summed E-state index contributed by atoms with van der Waals surface area (Å²) in [6, 6.07) is 18.1. The van der Waals surface area contributed by atoms with Gasteiger partial charge in [-0.1, -0.05) is 48.5 Å². The Hall–Kier alpha value is -2.29. The highest BCUT2D eigenvalue weighted by atomic mass is 16.5. The minimum atomic E-state index is -0.197. The Balaban J connectivity index is 2.00. The van der Waals surface area contributed by atoms with Crippen molar-refractivity contribution in [2.45, 2.75) is 12.5 Å². The average Bonchev–Trinajstić information content (AvgIpc) is 2.53. The Morgan fingerprint density at radius 1 is 1.10 bits per heavy atom. The molecule has 0 saturated carbocycles. The quantitative estimate of drug-likeness (QED) is 0.849. The molecule has 0 fully saturated rings. The number of benzene rings is 2. The molecular weight excluding hydrogens is 250 g/mol. The van der Waals surface area contributed by atoms with Gasteiger partial charge in [-0.25, -0.2) is 0 Å². The van der Waals surface area contributed by atoms with Crippen molar-refractivity contribution in [1.29, 1.82) is 0 Å². The molecule has 0 spiro atoms. The molecule has 0 bridgehead atoms. The van der Waals surface area contributed by atoms with Crippen molar-refractivity contribution in [3.63, 3.8) is 0 Å². The summed E-state index contributed by atoms with van der Waals surface area (Å²) in [7, 11) is 1.45. The highest BCUT2D eigenvalue weighted by molar-refractivity contribution is 5.76. The number of ether oxygens (including phenoxy) is 1. The molecule has 2 aromatic rings. The third kappa shape index (κ3) is 2.27. The van der Waals surface area contributed by atoms with Gasteiger partial charge < -0.3 is 10.1 Å². The largest absolute Gasteiger partial charge is 0.469 e. The first kappa shape index (κ1) is 12.7. The normalized spacial score (nSPS) is 20.6. The fourth-order valence-electron chi connectivity index (χ4n) is 2.81. The van der Waals surface area contributed by atoms with Gasteiger partial charge in [0.1, 0.15) is 0 Å². The van der Waals surface area contributed by atoms with Crippen molar-refractivity contribution in [1.82, 2.24) is 0 Å². The van der Waals surface area contributed by atoms with Crippen LogP contribution in [-0.2, 0) is 16.0 Å². The van der Waals surface area contributed by atoms with Crippen LogP contribution in [-0.4, -0.2) is 13.1 Å². The van der Waals surface area contributed by atoms with Gasteiger partial charge in [0.2, 0.25) is 0 Å². The minimum absolute atomic E-state index is 0.0430. The van der Waals surface area contributed by atoms with Gasteiger partial charge in [-0.05, 0) is 23.6 Å². The maximum Gasteiger partial charge on any atom is 0.311 e. The first-order chi connectivity index (χ1) is 9.79. The molecule has 0 aromatic heterocycles. The number of anilines is 1. The lowest BCUT2D eigenvalue weighted by atomic mass is 9.83. The van der Waals surface area contributed by atoms with Gasteiger partial charge in [-0.3, -0.25) is 4.79 Å². The molecule has 2 aromatic carbocycles. The van der Waals surface area contributed by atoms with E-state index in [1.807, 2.05) is 42.5 Å². The van der Waals surface area contributed by atoms with E-state index in [1.54, 1.807) is 0 Å². The topological polar surface area (TPSA) is 38.3 Å². The second-order valence-corrected chi connectivity index (χ2v) is 5.02. The molecule has 3 heteroatoms. The Kier molecular flexibility index (Phi) is 3.42. The lowest BCUT2D eigenvalue weighted by molar-refractivity contribution is -0.146. The van der Waals surface area contributed by atoms with Gasteiger partial charge in [0.05, 0.1) is 19.1 Å². The van der Waals surface area contributed by atoms with Crippen molar-refractivity contribution in [3.05, 3.63) is 65.7 Å². The zero-order chi connectivity index (χ0) is 13.9. The summed E-state index contributed by atoms with van der Waals surface area (Å²) in [6.07, 6.45) is 0.704. The molecule has 2 atom stereocenters. The van der Waals surface area contributed by atoms with Crippen LogP contribution >= 0.6 is 0 Å². The summed E-state index contributed by atoms with van der Waals surface area (Å²) in [5.41, 5.74) is 3.37. The van der Waals surface area contributed by atoms with E-state index in [1.165, 1.54) is 7.11 Å². The lowest BCUT2D eigenvalue weighted by Crippen LogP contribution is -2.34. The van der Waals surface area contributed by atoms with E-state index in [4.69, 9.17) is 4.74 Å². The van der Waals surface area contributed by atoms with Crippen LogP contribution in [0.2, 0.25) is 0 Å². The number of methoxy groups -OCH3 is 1. The molecule has 0 unspecified atom stereocenters. The van der Waals surface area contributed by atoms with Gasteiger partial charge in [0.25, 0.3) is 0 Å². The fraction of sp³-hybridized carbons (Fsp3) is 0.235. The van der Waals surface area contributed by atoms with Gasteiger partial charge in [-0.2, -0.15) is 0 Å². The fourth-order valence-corrected chi connectivity index (χ4v) is 2.81. The number of hydrogen-bond donors (Lipinski definition) is 1. The summed E-state index contributed by atoms with van der Waals surface area (Å²) in [5, 5.41) is 3.48. The number of para-hydroxylation sites is 1. The number of carbonyl (C=O) groups is 1. The molecule has 1 heterocycles. The molecular formula is C17H17NO2. The highest BCUT2D eigenvalue weighted by Crippen LogP contribution is 2.37. The van der Waals surface area contributed by atoms with E-state index in [0.717, 1.165) is 16.8 Å². The lowest BCUT2D eigenvalue weighted by Gasteiger charge is -2.33. The summed E-state index contributed by atoms with van der Waals surface area (Å²) in [5.74, 6) is -0.363. The maximum atomic E-state index is 12.1. The van der Waals surface area contributed by atoms with Crippen LogP contribution in [0.15, 0.2) is 54.6 Å². The van der Waals surface area contributed by atoms with E-state index in [9.17, 15) is 4.79 Å². The number of carbonyl (C=O) groups excluding carboxylic acids is 1. The summed E-state index contributed by atoms with van der Waals surface area (Å²) >= 11 is 0. The van der Waals surface area contributed by atoms with Crippen molar-refractivity contribution >= 4 is 11.7 Å². The van der Waals surface area contributed by atoms with Gasteiger partial charge in [0, 0.05) is 5.69 Å². The molecule has 0 saturated heterocycles. The molecule has 0 aliphatic carbocycles. The standard InChI is InChI=1S/C17H17NO2/c1-20-17(19)14-11-13-9-5-6-10-15(13)18-16(14)12-7-3-2-4-8-12/h2-10,14,16,18H,11H2,1H3/t14-,16+/m1/s1. The number of esters is 1. The van der Waals surface area contributed by atoms with Crippen LogP contribution in [0.1, 0.15) is 17.2 Å². The molecule has 102 valence electrons. The Bertz CT molecular complexity index is 609. The third-order valence-electron chi connectivity index (χ3n) is 3.83. The Morgan fingerprint density at radius 3 is 2.55 bits per heavy atom. The molecule has 1 N–H and O–H groups in total. The first-order valence-corrected chi connectivity index (χ1v) is 6.77. The molecule has 3 nitrogen and oxygen atoms in total. The predicted molar refractivity (Wildman–Crippen MR) is 78.5 cm³/mol. The number of rotatable bonds is 2. The maximum absolute atomic E-state index is 12.1. The molecule has 3 rings (SSSR count). The van der Waals surface area contributed by atoms with Crippen LogP contribution in [0.25, 0.3) is 0 Å². The molecule has 0 amide bonds. The second-order valence-electron chi connectivity index (χ2n) is 5.02. The molecule has 1 aliphatic heterocycles. The number of hydrogen-bond acceptors (Lipinski definition) is 3. The van der Waals surface area contributed by atoms with Crippen LogP contribution in [0, 0.1) is 5.92 Å². The van der Waals surface area contributed by atoms with Gasteiger partial charge in [-0.15, -0.1) is 0 Å². The van der Waals surface area contributed by atoms with Crippen LogP contribution in [0.3, 0.4) is 0 Å². The van der Waals surface area contributed by atoms with Gasteiger partial charge in [0.15, 0.2) is 0 Å². The zero-order valence-corrected chi connectivity index (χ0v) is 11.4. The minimum Gasteiger partial charge on any atom is -0.469 e. The average molecular weight is 267 g/mol. The highest BCUT2D eigenvalue weighted by Gasteiger charge is 2.34. The van der Waals surface area contributed by atoms with Crippen LogP contribution in [0.4, 0.5) is 5.69 Å². The molecule has 1 aliphatic rings. The van der Waals surface area contributed by atoms with E-state index in [0.29, 0.717) is 6.42 Å². The molecule has 0 radical (unpaired) electrons. The van der Waals surface area contributed by atoms with Crippen LogP contribution in [0.5, 0.6) is 0 Å². The Labute approximate surface area is 118 Å². The van der Waals surface area contributed by atoms with Crippen molar-refractivity contribution < 1.29 is 9.53 Å². The van der Waals surface area contributed by atoms with Crippen molar-refractivity contribution in [3.8, 4) is 0 Å². The van der Waals surface area contributed by atoms with Crippen molar-refractivity contribution in [2.75, 3.05) is 12.4 Å². The third-order valence-corrected chi connectivity index (χ3v) is 3.83. The van der Waals surface area contributed by atoms with E-state index in [-0.39, 0.29) is 17.9 Å². The molecule has 20 heavy (non-hydrogen) atoms. The van der Waals surface area contributed by atoms with Gasteiger partial charge >= 0.3 is 5.97 Å². The monoisotopic (exact) mass is 267 g/mol. The van der Waals surface area contributed by atoms with E-state index in [2.05, 4.69) is 17.4 Å². The smallest absolute Gasteiger partial charge is 0.311 e. The SMILES string of the molecule is COC(=O)[C@@H]1Cc2ccccc2N[C@H]1c1ccccc1. The Morgan fingerprint density at radius 2 is 1.80 bits per heavy atom. The zero-order valence-electron chi connectivity index (χ0n) is 11.4. The summed E-state index contributed by atoms with van der Waals surface area (Å²) in [6.45, 7) is 0. The number of nitrogens with one attached hydrogen (secondary N) is 1. The van der Waals surface area contributed by atoms with E-state index < -0.39 is 0 Å². The van der Waals surface area contributed by atoms with E-state index >= 15 is 0 Å². The van der Waals surface area contributed by atoms with Crippen LogP contribution < -0.4 is 5.32 Å².